The molecule has 0 aliphatic heterocycles. The summed E-state index contributed by atoms with van der Waals surface area (Å²) < 4.78 is 51.6. The summed E-state index contributed by atoms with van der Waals surface area (Å²) in [5.41, 5.74) is -1.24. The van der Waals surface area contributed by atoms with Gasteiger partial charge in [-0.3, -0.25) is 0 Å². The van der Waals surface area contributed by atoms with Gasteiger partial charge >= 0.3 is 6.18 Å². The number of hydrogen-bond acceptors (Lipinski definition) is 2. The molecule has 0 spiro atoms. The van der Waals surface area contributed by atoms with E-state index in [4.69, 9.17) is 0 Å². The van der Waals surface area contributed by atoms with Crippen molar-refractivity contribution in [1.29, 1.82) is 0 Å². The van der Waals surface area contributed by atoms with Crippen LogP contribution in [-0.4, -0.2) is 4.98 Å². The van der Waals surface area contributed by atoms with Gasteiger partial charge in [-0.25, -0.2) is 9.37 Å². The Labute approximate surface area is 106 Å². The first-order chi connectivity index (χ1) is 7.89. The maximum atomic E-state index is 13.7. The first-order valence-corrected chi connectivity index (χ1v) is 6.04. The summed E-state index contributed by atoms with van der Waals surface area (Å²) in [6.07, 6.45) is -4.70. The molecule has 1 nitrogen and oxygen atoms in total. The van der Waals surface area contributed by atoms with Crippen LogP contribution in [0.25, 0.3) is 11.3 Å². The minimum absolute atomic E-state index is 0.151. The highest BCUT2D eigenvalue weighted by Gasteiger charge is 2.35. The molecule has 0 fully saturated rings. The highest BCUT2D eigenvalue weighted by atomic mass is 79.9. The average molecular weight is 326 g/mol. The Kier molecular flexibility index (Phi) is 3.22. The summed E-state index contributed by atoms with van der Waals surface area (Å²) in [7, 11) is 0. The predicted octanol–water partition coefficient (Wildman–Crippen LogP) is 4.73. The minimum atomic E-state index is -4.70. The molecule has 0 unspecified atom stereocenters. The normalized spacial score (nSPS) is 11.8. The fourth-order valence-electron chi connectivity index (χ4n) is 1.32. The van der Waals surface area contributed by atoms with Gasteiger partial charge in [-0.05, 0) is 28.1 Å². The van der Waals surface area contributed by atoms with Gasteiger partial charge in [0, 0.05) is 10.9 Å². The summed E-state index contributed by atoms with van der Waals surface area (Å²) in [6.45, 7) is 0. The van der Waals surface area contributed by atoms with E-state index in [0.29, 0.717) is 9.98 Å². The monoisotopic (exact) mass is 325 g/mol. The van der Waals surface area contributed by atoms with Crippen LogP contribution in [0.3, 0.4) is 0 Å². The molecule has 0 N–H and O–H groups in total. The van der Waals surface area contributed by atoms with Gasteiger partial charge in [0.05, 0.1) is 11.3 Å². The average Bonchev–Trinajstić information content (AvgIpc) is 2.63. The van der Waals surface area contributed by atoms with Crippen LogP contribution in [0.2, 0.25) is 0 Å². The Morgan fingerprint density at radius 1 is 1.24 bits per heavy atom. The quantitative estimate of drug-likeness (QED) is 0.691. The number of hydrogen-bond donors (Lipinski definition) is 0. The largest absolute Gasteiger partial charge is 0.419 e. The van der Waals surface area contributed by atoms with Gasteiger partial charge in [-0.15, -0.1) is 11.3 Å². The van der Waals surface area contributed by atoms with Gasteiger partial charge in [-0.2, -0.15) is 13.2 Å². The molecule has 90 valence electrons. The Morgan fingerprint density at radius 3 is 2.47 bits per heavy atom. The molecule has 2 rings (SSSR count). The fraction of sp³-hybridized carbons (Fsp3) is 0.100. The van der Waals surface area contributed by atoms with Crippen LogP contribution < -0.4 is 0 Å². The number of aromatic nitrogens is 1. The van der Waals surface area contributed by atoms with Crippen LogP contribution in [0.1, 0.15) is 5.56 Å². The zero-order valence-electron chi connectivity index (χ0n) is 8.05. The highest BCUT2D eigenvalue weighted by Crippen LogP contribution is 2.36. The van der Waals surface area contributed by atoms with Crippen molar-refractivity contribution < 1.29 is 17.6 Å². The third kappa shape index (κ3) is 2.50. The van der Waals surface area contributed by atoms with Crippen molar-refractivity contribution in [3.8, 4) is 11.3 Å². The van der Waals surface area contributed by atoms with Crippen LogP contribution in [0.15, 0.2) is 27.5 Å². The molecule has 0 aliphatic rings. The molecular weight excluding hydrogens is 322 g/mol. The summed E-state index contributed by atoms with van der Waals surface area (Å²) >= 11 is 4.25. The van der Waals surface area contributed by atoms with E-state index in [1.807, 2.05) is 0 Å². The topological polar surface area (TPSA) is 12.9 Å². The maximum Gasteiger partial charge on any atom is 0.419 e. The summed E-state index contributed by atoms with van der Waals surface area (Å²) in [5, 5.41) is 1.49. The van der Waals surface area contributed by atoms with E-state index >= 15 is 0 Å². The molecule has 0 saturated heterocycles. The number of alkyl halides is 3. The Bertz CT molecular complexity index is 549. The molecule has 2 aromatic rings. The third-order valence-electron chi connectivity index (χ3n) is 2.06. The third-order valence-corrected chi connectivity index (χ3v) is 3.42. The lowest BCUT2D eigenvalue weighted by atomic mass is 10.1. The second-order valence-electron chi connectivity index (χ2n) is 3.15. The van der Waals surface area contributed by atoms with Crippen molar-refractivity contribution >= 4 is 27.3 Å². The number of benzene rings is 1. The van der Waals surface area contributed by atoms with E-state index in [9.17, 15) is 17.6 Å². The van der Waals surface area contributed by atoms with Crippen molar-refractivity contribution in [2.75, 3.05) is 0 Å². The molecule has 0 radical (unpaired) electrons. The second kappa shape index (κ2) is 4.38. The smallest absolute Gasteiger partial charge is 0.229 e. The molecule has 1 heterocycles. The Morgan fingerprint density at radius 2 is 1.94 bits per heavy atom. The molecule has 0 saturated carbocycles. The number of nitrogens with zero attached hydrogens (tertiary/aromatic N) is 1. The molecule has 17 heavy (non-hydrogen) atoms. The molecule has 0 atom stereocenters. The molecule has 0 bridgehead atoms. The van der Waals surface area contributed by atoms with Crippen LogP contribution in [-0.2, 0) is 6.18 Å². The SMILES string of the molecule is Fc1c(-c2csc(Br)n2)cccc1C(F)(F)F. The summed E-state index contributed by atoms with van der Waals surface area (Å²) in [4.78, 5) is 3.89. The zero-order valence-corrected chi connectivity index (χ0v) is 10.5. The first-order valence-electron chi connectivity index (χ1n) is 4.36. The fourth-order valence-corrected chi connectivity index (χ4v) is 2.34. The minimum Gasteiger partial charge on any atom is -0.229 e. The van der Waals surface area contributed by atoms with Gasteiger partial charge in [0.2, 0.25) is 0 Å². The lowest BCUT2D eigenvalue weighted by molar-refractivity contribution is -0.139. The van der Waals surface area contributed by atoms with E-state index < -0.39 is 17.6 Å². The number of thiazole rings is 1. The van der Waals surface area contributed by atoms with Gasteiger partial charge < -0.3 is 0 Å². The Hall–Kier alpha value is -0.950. The van der Waals surface area contributed by atoms with Crippen LogP contribution in [0.5, 0.6) is 0 Å². The predicted molar refractivity (Wildman–Crippen MR) is 60.2 cm³/mol. The first kappa shape index (κ1) is 12.5. The van der Waals surface area contributed by atoms with E-state index in [0.717, 1.165) is 6.07 Å². The molecular formula is C10H4BrF4NS. The van der Waals surface area contributed by atoms with Crippen LogP contribution >= 0.6 is 27.3 Å². The van der Waals surface area contributed by atoms with Crippen molar-refractivity contribution in [3.63, 3.8) is 0 Å². The Balaban J connectivity index is 2.57. The standard InChI is InChI=1S/C10H4BrF4NS/c11-9-16-7(4-17-9)5-2-1-3-6(8(5)12)10(13,14)15/h1-4H. The van der Waals surface area contributed by atoms with E-state index in [1.165, 1.54) is 22.8 Å². The molecule has 0 aliphatic carbocycles. The van der Waals surface area contributed by atoms with Gasteiger partial charge in [-0.1, -0.05) is 6.07 Å². The summed E-state index contributed by atoms with van der Waals surface area (Å²) in [6, 6.07) is 3.14. The van der Waals surface area contributed by atoms with Crippen molar-refractivity contribution in [3.05, 3.63) is 38.9 Å². The number of halogens is 5. The molecule has 1 aromatic carbocycles. The maximum absolute atomic E-state index is 13.7. The van der Waals surface area contributed by atoms with E-state index in [2.05, 4.69) is 20.9 Å². The van der Waals surface area contributed by atoms with Gasteiger partial charge in [0.15, 0.2) is 3.92 Å². The summed E-state index contributed by atoms with van der Waals surface area (Å²) in [5.74, 6) is -1.29. The van der Waals surface area contributed by atoms with E-state index in [1.54, 1.807) is 0 Å². The van der Waals surface area contributed by atoms with Crippen LogP contribution in [0, 0.1) is 5.82 Å². The lowest BCUT2D eigenvalue weighted by Gasteiger charge is -2.09. The highest BCUT2D eigenvalue weighted by molar-refractivity contribution is 9.11. The van der Waals surface area contributed by atoms with Crippen LogP contribution in [0.4, 0.5) is 17.6 Å². The van der Waals surface area contributed by atoms with Gasteiger partial charge in [0.1, 0.15) is 5.82 Å². The molecule has 7 heteroatoms. The molecule has 0 amide bonds. The number of rotatable bonds is 1. The zero-order chi connectivity index (χ0) is 12.6. The lowest BCUT2D eigenvalue weighted by Crippen LogP contribution is -2.08. The van der Waals surface area contributed by atoms with Gasteiger partial charge in [0.25, 0.3) is 0 Å². The van der Waals surface area contributed by atoms with Crippen molar-refractivity contribution in [2.24, 2.45) is 0 Å². The van der Waals surface area contributed by atoms with Crippen molar-refractivity contribution in [2.45, 2.75) is 6.18 Å². The second-order valence-corrected chi connectivity index (χ2v) is 5.28. The van der Waals surface area contributed by atoms with E-state index in [-0.39, 0.29) is 11.3 Å². The molecule has 1 aromatic heterocycles. The van der Waals surface area contributed by atoms with Crippen molar-refractivity contribution in [1.82, 2.24) is 4.98 Å².